The smallest absolute Gasteiger partial charge is 0.324 e. The number of hydrogen-bond acceptors (Lipinski definition) is 3. The van der Waals surface area contributed by atoms with Crippen LogP contribution in [-0.4, -0.2) is 42.8 Å². The molecule has 136 valence electrons. The Bertz CT molecular complexity index is 841. The van der Waals surface area contributed by atoms with Gasteiger partial charge in [-0.1, -0.05) is 30.3 Å². The van der Waals surface area contributed by atoms with Crippen molar-refractivity contribution in [2.45, 2.75) is 19.8 Å². The van der Waals surface area contributed by atoms with Crippen LogP contribution in [0.4, 0.5) is 10.5 Å². The van der Waals surface area contributed by atoms with Gasteiger partial charge in [0, 0.05) is 31.1 Å². The molecule has 6 heteroatoms. The lowest BCUT2D eigenvalue weighted by Gasteiger charge is -2.35. The summed E-state index contributed by atoms with van der Waals surface area (Å²) in [5, 5.41) is 1.79. The van der Waals surface area contributed by atoms with Gasteiger partial charge in [-0.25, -0.2) is 4.79 Å². The molecule has 1 aliphatic heterocycles. The molecule has 1 fully saturated rings. The van der Waals surface area contributed by atoms with Gasteiger partial charge in [-0.3, -0.25) is 14.5 Å². The van der Waals surface area contributed by atoms with E-state index < -0.39 is 0 Å². The summed E-state index contributed by atoms with van der Waals surface area (Å²) in [6.07, 6.45) is 1.97. The van der Waals surface area contributed by atoms with E-state index in [4.69, 9.17) is 5.73 Å². The number of likely N-dealkylation sites (tertiary alicyclic amines) is 1. The fourth-order valence-electron chi connectivity index (χ4n) is 3.58. The molecule has 0 bridgehead atoms. The molecule has 0 saturated carbocycles. The van der Waals surface area contributed by atoms with Gasteiger partial charge in [-0.15, -0.1) is 0 Å². The number of carbonyl (C=O) groups is 3. The van der Waals surface area contributed by atoms with Crippen molar-refractivity contribution in [1.82, 2.24) is 4.90 Å². The number of amides is 3. The second-order valence-electron chi connectivity index (χ2n) is 6.53. The van der Waals surface area contributed by atoms with Crippen LogP contribution in [0.5, 0.6) is 0 Å². The highest BCUT2D eigenvalue weighted by Crippen LogP contribution is 2.29. The Morgan fingerprint density at radius 2 is 1.88 bits per heavy atom. The predicted octanol–water partition coefficient (Wildman–Crippen LogP) is 2.80. The standard InChI is InChI=1S/C20H23N3O3/c1-2-23(20(26)22-11-9-15(10-12-22)19(21)25)18-8-7-14-5-3-4-6-16(14)17(18)13-24/h3-8,13,15H,2,9-12H2,1H3,(H2,21,25). The van der Waals surface area contributed by atoms with Gasteiger partial charge in [0.1, 0.15) is 0 Å². The van der Waals surface area contributed by atoms with E-state index in [2.05, 4.69) is 0 Å². The number of primary amides is 1. The SMILES string of the molecule is CCN(C(=O)N1CCC(C(N)=O)CC1)c1ccc2ccccc2c1C=O. The second-order valence-corrected chi connectivity index (χ2v) is 6.53. The summed E-state index contributed by atoms with van der Waals surface area (Å²) in [6.45, 7) is 3.32. The Morgan fingerprint density at radius 1 is 1.19 bits per heavy atom. The summed E-state index contributed by atoms with van der Waals surface area (Å²) in [7, 11) is 0. The van der Waals surface area contributed by atoms with Crippen LogP contribution in [0.1, 0.15) is 30.1 Å². The van der Waals surface area contributed by atoms with Crippen LogP contribution in [0.2, 0.25) is 0 Å². The Morgan fingerprint density at radius 3 is 2.50 bits per heavy atom. The number of benzene rings is 2. The van der Waals surface area contributed by atoms with Gasteiger partial charge >= 0.3 is 6.03 Å². The first-order chi connectivity index (χ1) is 12.6. The molecule has 0 spiro atoms. The number of rotatable bonds is 4. The van der Waals surface area contributed by atoms with E-state index in [0.717, 1.165) is 17.1 Å². The summed E-state index contributed by atoms with van der Waals surface area (Å²) >= 11 is 0. The third kappa shape index (κ3) is 3.27. The van der Waals surface area contributed by atoms with Gasteiger partial charge < -0.3 is 10.6 Å². The predicted molar refractivity (Wildman–Crippen MR) is 101 cm³/mol. The summed E-state index contributed by atoms with van der Waals surface area (Å²) in [4.78, 5) is 39.5. The maximum Gasteiger partial charge on any atom is 0.324 e. The molecule has 2 aromatic carbocycles. The third-order valence-electron chi connectivity index (χ3n) is 5.07. The number of fused-ring (bicyclic) bond motifs is 1. The largest absolute Gasteiger partial charge is 0.369 e. The maximum atomic E-state index is 13.0. The minimum absolute atomic E-state index is 0.145. The van der Waals surface area contributed by atoms with Crippen molar-refractivity contribution >= 4 is 34.7 Å². The zero-order valence-corrected chi connectivity index (χ0v) is 14.9. The van der Waals surface area contributed by atoms with Gasteiger partial charge in [0.25, 0.3) is 0 Å². The monoisotopic (exact) mass is 353 g/mol. The van der Waals surface area contributed by atoms with Crippen molar-refractivity contribution in [1.29, 1.82) is 0 Å². The molecule has 26 heavy (non-hydrogen) atoms. The zero-order chi connectivity index (χ0) is 18.7. The normalized spacial score (nSPS) is 15.0. The lowest BCUT2D eigenvalue weighted by Crippen LogP contribution is -2.48. The van der Waals surface area contributed by atoms with Crippen LogP contribution in [0.25, 0.3) is 10.8 Å². The number of hydrogen-bond donors (Lipinski definition) is 1. The number of nitrogens with two attached hydrogens (primary N) is 1. The van der Waals surface area contributed by atoms with Gasteiger partial charge in [0.2, 0.25) is 5.91 Å². The molecule has 3 amide bonds. The minimum atomic E-state index is -0.304. The van der Waals surface area contributed by atoms with Crippen molar-refractivity contribution < 1.29 is 14.4 Å². The molecule has 0 unspecified atom stereocenters. The number of urea groups is 1. The summed E-state index contributed by atoms with van der Waals surface area (Å²) in [5.41, 5.74) is 6.50. The minimum Gasteiger partial charge on any atom is -0.369 e. The van der Waals surface area contributed by atoms with Crippen molar-refractivity contribution in [2.75, 3.05) is 24.5 Å². The highest BCUT2D eigenvalue weighted by Gasteiger charge is 2.29. The molecular formula is C20H23N3O3. The molecule has 0 radical (unpaired) electrons. The topological polar surface area (TPSA) is 83.7 Å². The molecule has 0 aromatic heterocycles. The van der Waals surface area contributed by atoms with Crippen LogP contribution in [0.3, 0.4) is 0 Å². The first-order valence-electron chi connectivity index (χ1n) is 8.89. The molecule has 0 aliphatic carbocycles. The van der Waals surface area contributed by atoms with Crippen LogP contribution >= 0.6 is 0 Å². The summed E-state index contributed by atoms with van der Waals surface area (Å²) in [5.74, 6) is -0.470. The average molecular weight is 353 g/mol. The molecule has 3 rings (SSSR count). The van der Waals surface area contributed by atoms with E-state index in [1.807, 2.05) is 43.3 Å². The molecule has 6 nitrogen and oxygen atoms in total. The molecular weight excluding hydrogens is 330 g/mol. The highest BCUT2D eigenvalue weighted by atomic mass is 16.2. The average Bonchev–Trinajstić information content (AvgIpc) is 2.68. The van der Waals surface area contributed by atoms with Gasteiger partial charge in [-0.05, 0) is 36.6 Å². The van der Waals surface area contributed by atoms with E-state index in [9.17, 15) is 14.4 Å². The highest BCUT2D eigenvalue weighted by molar-refractivity contribution is 6.07. The molecule has 1 saturated heterocycles. The van der Waals surface area contributed by atoms with Crippen LogP contribution in [0.15, 0.2) is 36.4 Å². The second kappa shape index (κ2) is 7.56. The summed E-state index contributed by atoms with van der Waals surface area (Å²) in [6, 6.07) is 11.2. The van der Waals surface area contributed by atoms with Crippen LogP contribution in [0, 0.1) is 5.92 Å². The van der Waals surface area contributed by atoms with E-state index in [1.165, 1.54) is 0 Å². The fourth-order valence-corrected chi connectivity index (χ4v) is 3.58. The molecule has 1 aliphatic rings. The maximum absolute atomic E-state index is 13.0. The van der Waals surface area contributed by atoms with Crippen molar-refractivity contribution in [2.24, 2.45) is 11.7 Å². The van der Waals surface area contributed by atoms with Gasteiger partial charge in [-0.2, -0.15) is 0 Å². The Balaban J connectivity index is 1.89. The zero-order valence-electron chi connectivity index (χ0n) is 14.9. The quantitative estimate of drug-likeness (QED) is 0.858. The Hall–Kier alpha value is -2.89. The molecule has 2 N–H and O–H groups in total. The first-order valence-corrected chi connectivity index (χ1v) is 8.89. The Labute approximate surface area is 152 Å². The number of carbonyl (C=O) groups excluding carboxylic acids is 3. The first kappa shape index (κ1) is 17.9. The van der Waals surface area contributed by atoms with E-state index in [-0.39, 0.29) is 17.9 Å². The third-order valence-corrected chi connectivity index (χ3v) is 5.07. The van der Waals surface area contributed by atoms with E-state index in [0.29, 0.717) is 43.7 Å². The number of anilines is 1. The van der Waals surface area contributed by atoms with Gasteiger partial charge in [0.05, 0.1) is 5.69 Å². The van der Waals surface area contributed by atoms with Crippen LogP contribution < -0.4 is 10.6 Å². The van der Waals surface area contributed by atoms with Crippen molar-refractivity contribution in [3.05, 3.63) is 42.0 Å². The molecule has 1 heterocycles. The van der Waals surface area contributed by atoms with Crippen molar-refractivity contribution in [3.63, 3.8) is 0 Å². The number of nitrogens with zero attached hydrogens (tertiary/aromatic N) is 2. The van der Waals surface area contributed by atoms with Crippen LogP contribution in [-0.2, 0) is 4.79 Å². The van der Waals surface area contributed by atoms with E-state index >= 15 is 0 Å². The fraction of sp³-hybridized carbons (Fsp3) is 0.350. The molecule has 2 aromatic rings. The lowest BCUT2D eigenvalue weighted by molar-refractivity contribution is -0.122. The number of aldehydes is 1. The lowest BCUT2D eigenvalue weighted by atomic mass is 9.96. The van der Waals surface area contributed by atoms with Gasteiger partial charge in [0.15, 0.2) is 6.29 Å². The Kier molecular flexibility index (Phi) is 5.21. The van der Waals surface area contributed by atoms with Crippen molar-refractivity contribution in [3.8, 4) is 0 Å². The molecule has 0 atom stereocenters. The van der Waals surface area contributed by atoms with E-state index in [1.54, 1.807) is 9.80 Å². The number of piperidine rings is 1. The summed E-state index contributed by atoms with van der Waals surface area (Å²) < 4.78 is 0.